The highest BCUT2D eigenvalue weighted by Crippen LogP contribution is 2.43. The van der Waals surface area contributed by atoms with Crippen LogP contribution in [0.15, 0.2) is 71.2 Å². The highest BCUT2D eigenvalue weighted by Gasteiger charge is 2.49. The quantitative estimate of drug-likeness (QED) is 0.0339. The van der Waals surface area contributed by atoms with E-state index in [0.29, 0.717) is 5.56 Å². The molecule has 15 unspecified atom stereocenters. The van der Waals surface area contributed by atoms with Crippen molar-refractivity contribution < 1.29 is 109 Å². The predicted molar refractivity (Wildman–Crippen MR) is 212 cm³/mol. The Hall–Kier alpha value is -5.44. The number of fused-ring (bicyclic) bond motifs is 1. The minimum Gasteiger partial charge on any atom is -0.508 e. The summed E-state index contributed by atoms with van der Waals surface area (Å²) in [7, 11) is 0. The summed E-state index contributed by atoms with van der Waals surface area (Å²) >= 11 is 0. The molecular formula is C42H47O22+. The average molecular weight is 904 g/mol. The standard InChI is InChI=1S/C42H46O22/c1-16-38(64-29(48)9-4-17-2-6-19(44)7-3-17)34(53)37(56)40(58-16)57-15-28-31(50)33(52)36(55)42(63-28)61-26-13-21-24(59-39(26)18-5-8-22(46)23(47)10-18)11-20(45)12-25(21)60-41-35(54)32(51)30(49)27(14-43)62-41/h2-13,16,27-28,30-38,40-43,49-56H,14-15H2,1H3,(H3-,44,45,46,47,48)/p+1. The van der Waals surface area contributed by atoms with Crippen LogP contribution in [0.5, 0.6) is 34.5 Å². The van der Waals surface area contributed by atoms with Crippen molar-refractivity contribution in [2.24, 2.45) is 0 Å². The minimum absolute atomic E-state index is 0.0263. The number of benzene rings is 3. The first-order valence-corrected chi connectivity index (χ1v) is 19.7. The molecule has 4 heterocycles. The van der Waals surface area contributed by atoms with Gasteiger partial charge in [-0.2, -0.15) is 0 Å². The largest absolute Gasteiger partial charge is 0.508 e. The van der Waals surface area contributed by atoms with E-state index in [2.05, 4.69) is 0 Å². The fourth-order valence-electron chi connectivity index (χ4n) is 7.21. The predicted octanol–water partition coefficient (Wildman–Crippen LogP) is -1.32. The molecule has 13 N–H and O–H groups in total. The summed E-state index contributed by atoms with van der Waals surface area (Å²) < 4.78 is 46.0. The van der Waals surface area contributed by atoms with Crippen LogP contribution in [0.1, 0.15) is 12.5 Å². The fourth-order valence-corrected chi connectivity index (χ4v) is 7.21. The zero-order valence-electron chi connectivity index (χ0n) is 33.5. The molecule has 3 aromatic carbocycles. The number of hydrogen-bond acceptors (Lipinski definition) is 21. The van der Waals surface area contributed by atoms with Crippen molar-refractivity contribution in [2.75, 3.05) is 13.2 Å². The summed E-state index contributed by atoms with van der Waals surface area (Å²) in [5.74, 6) is -3.22. The van der Waals surface area contributed by atoms with E-state index < -0.39 is 129 Å². The SMILES string of the molecule is CC1OC(OCC2OC(Oc3cc4c(OC5OC(CO)C(O)C(O)C5O)cc(O)cc4[o+]c3-c3ccc(O)c(O)c3)C(O)C(O)C2O)C(O)C(O)C1OC(=O)C=Cc1ccc(O)cc1. The van der Waals surface area contributed by atoms with Crippen LogP contribution < -0.4 is 9.47 Å². The Morgan fingerprint density at radius 1 is 0.656 bits per heavy atom. The van der Waals surface area contributed by atoms with Crippen LogP contribution in [0.4, 0.5) is 0 Å². The Kier molecular flexibility index (Phi) is 14.1. The van der Waals surface area contributed by atoms with Crippen molar-refractivity contribution in [1.29, 1.82) is 0 Å². The number of ether oxygens (including phenoxy) is 7. The molecule has 0 aliphatic carbocycles. The number of carbonyl (C=O) groups is 1. The van der Waals surface area contributed by atoms with E-state index in [0.717, 1.165) is 30.3 Å². The summed E-state index contributed by atoms with van der Waals surface area (Å²) in [5.41, 5.74) is 0.479. The van der Waals surface area contributed by atoms with E-state index in [1.165, 1.54) is 37.3 Å². The third kappa shape index (κ3) is 9.79. The van der Waals surface area contributed by atoms with Gasteiger partial charge in [-0.05, 0) is 42.8 Å². The molecule has 0 spiro atoms. The van der Waals surface area contributed by atoms with Crippen LogP contribution in [0.2, 0.25) is 0 Å². The third-order valence-corrected chi connectivity index (χ3v) is 10.8. The number of aliphatic hydroxyl groups excluding tert-OH is 9. The first-order chi connectivity index (χ1) is 30.4. The lowest BCUT2D eigenvalue weighted by Gasteiger charge is -2.42. The number of rotatable bonds is 12. The number of hydrogen-bond donors (Lipinski definition) is 13. The van der Waals surface area contributed by atoms with Crippen LogP contribution in [0.3, 0.4) is 0 Å². The Balaban J connectivity index is 1.11. The van der Waals surface area contributed by atoms with Gasteiger partial charge in [0, 0.05) is 24.3 Å². The van der Waals surface area contributed by atoms with Crippen molar-refractivity contribution in [1.82, 2.24) is 0 Å². The number of aromatic hydroxyl groups is 4. The van der Waals surface area contributed by atoms with Gasteiger partial charge >= 0.3 is 17.3 Å². The Labute approximate surface area is 361 Å². The maximum Gasteiger partial charge on any atom is 0.402 e. The second kappa shape index (κ2) is 19.3. The van der Waals surface area contributed by atoms with Crippen molar-refractivity contribution in [3.8, 4) is 45.8 Å². The van der Waals surface area contributed by atoms with Crippen LogP contribution in [-0.2, 0) is 28.5 Å². The van der Waals surface area contributed by atoms with Gasteiger partial charge in [-0.3, -0.25) is 0 Å². The van der Waals surface area contributed by atoms with Crippen LogP contribution in [-0.4, -0.2) is 178 Å². The van der Waals surface area contributed by atoms with Crippen LogP contribution in [0, 0.1) is 0 Å². The molecule has 0 saturated carbocycles. The van der Waals surface area contributed by atoms with Gasteiger partial charge < -0.3 is 99.5 Å². The second-order valence-corrected chi connectivity index (χ2v) is 15.3. The van der Waals surface area contributed by atoms with E-state index in [-0.39, 0.29) is 39.5 Å². The smallest absolute Gasteiger partial charge is 0.402 e. The van der Waals surface area contributed by atoms with Gasteiger partial charge in [0.2, 0.25) is 18.3 Å². The van der Waals surface area contributed by atoms with Gasteiger partial charge in [0.05, 0.1) is 30.9 Å². The van der Waals surface area contributed by atoms with Gasteiger partial charge in [-0.25, -0.2) is 9.21 Å². The number of phenols is 4. The van der Waals surface area contributed by atoms with Crippen molar-refractivity contribution in [2.45, 2.75) is 99.0 Å². The maximum atomic E-state index is 12.6. The summed E-state index contributed by atoms with van der Waals surface area (Å²) in [5, 5.41) is 136. The molecule has 22 heteroatoms. The monoisotopic (exact) mass is 903 g/mol. The van der Waals surface area contributed by atoms with Gasteiger partial charge in [0.15, 0.2) is 23.9 Å². The molecule has 346 valence electrons. The lowest BCUT2D eigenvalue weighted by Crippen LogP contribution is -2.62. The normalized spacial score (nSPS) is 33.2. The molecular weight excluding hydrogens is 856 g/mol. The molecule has 0 bridgehead atoms. The van der Waals surface area contributed by atoms with E-state index in [9.17, 15) is 71.2 Å². The zero-order chi connectivity index (χ0) is 46.1. The van der Waals surface area contributed by atoms with E-state index >= 15 is 0 Å². The van der Waals surface area contributed by atoms with Gasteiger partial charge in [-0.1, -0.05) is 12.1 Å². The zero-order valence-corrected chi connectivity index (χ0v) is 33.5. The molecule has 4 aromatic rings. The first kappa shape index (κ1) is 46.5. The van der Waals surface area contributed by atoms with Gasteiger partial charge in [0.25, 0.3) is 0 Å². The summed E-state index contributed by atoms with van der Waals surface area (Å²) in [6.07, 6.45) is -22.8. The van der Waals surface area contributed by atoms with Crippen molar-refractivity contribution >= 4 is 23.0 Å². The molecule has 3 aliphatic heterocycles. The lowest BCUT2D eigenvalue weighted by atomic mass is 9.98. The topological polar surface area (TPSA) is 356 Å². The van der Waals surface area contributed by atoms with Crippen molar-refractivity contribution in [3.63, 3.8) is 0 Å². The van der Waals surface area contributed by atoms with Crippen LogP contribution in [0.25, 0.3) is 28.4 Å². The van der Waals surface area contributed by atoms with E-state index in [1.807, 2.05) is 0 Å². The number of phenolic OH excluding ortho intramolecular Hbond substituents is 4. The first-order valence-electron chi connectivity index (χ1n) is 19.7. The molecule has 15 atom stereocenters. The molecule has 0 amide bonds. The Morgan fingerprint density at radius 2 is 1.28 bits per heavy atom. The third-order valence-electron chi connectivity index (χ3n) is 10.8. The van der Waals surface area contributed by atoms with Gasteiger partial charge in [0.1, 0.15) is 83.7 Å². The molecule has 7 rings (SSSR count). The fraction of sp³-hybridized carbons (Fsp3) is 0.429. The summed E-state index contributed by atoms with van der Waals surface area (Å²) in [6.45, 7) is 0.00128. The maximum absolute atomic E-state index is 12.6. The highest BCUT2D eigenvalue weighted by molar-refractivity contribution is 5.89. The summed E-state index contributed by atoms with van der Waals surface area (Å²) in [4.78, 5) is 12.6. The molecule has 3 aliphatic rings. The Bertz CT molecular complexity index is 2290. The van der Waals surface area contributed by atoms with Gasteiger partial charge in [-0.15, -0.1) is 0 Å². The van der Waals surface area contributed by atoms with E-state index in [1.54, 1.807) is 12.1 Å². The summed E-state index contributed by atoms with van der Waals surface area (Å²) in [6, 6.07) is 12.9. The molecule has 64 heavy (non-hydrogen) atoms. The lowest BCUT2D eigenvalue weighted by molar-refractivity contribution is -0.319. The number of esters is 1. The van der Waals surface area contributed by atoms with Crippen LogP contribution >= 0.6 is 0 Å². The minimum atomic E-state index is -1.98. The number of carbonyl (C=O) groups excluding carboxylic acids is 1. The molecule has 3 saturated heterocycles. The average Bonchev–Trinajstić information content (AvgIpc) is 3.27. The number of aliphatic hydroxyl groups is 9. The second-order valence-electron chi connectivity index (χ2n) is 15.3. The molecule has 1 aromatic heterocycles. The van der Waals surface area contributed by atoms with Crippen molar-refractivity contribution in [3.05, 3.63) is 72.3 Å². The Morgan fingerprint density at radius 3 is 1.94 bits per heavy atom. The molecule has 3 fully saturated rings. The van der Waals surface area contributed by atoms with E-state index in [4.69, 9.17) is 37.6 Å². The molecule has 22 nitrogen and oxygen atoms in total. The molecule has 0 radical (unpaired) electrons. The highest BCUT2D eigenvalue weighted by atomic mass is 16.7.